The fraction of sp³-hybridized carbons (Fsp3) is 0.500. The monoisotopic (exact) mass is 284 g/mol. The molecule has 0 spiro atoms. The average Bonchev–Trinajstić information content (AvgIpc) is 2.36. The minimum Gasteiger partial charge on any atom is -0.497 e. The highest BCUT2D eigenvalue weighted by atomic mass is 32.2. The number of carboxylic acid groups (broad SMARTS) is 1. The molecule has 0 saturated heterocycles. The molecule has 1 N–H and O–H groups in total. The van der Waals surface area contributed by atoms with E-state index >= 15 is 0 Å². The molecular weight excluding hydrogens is 264 g/mol. The van der Waals surface area contributed by atoms with Gasteiger partial charge in [0, 0.05) is 11.8 Å². The number of methoxy groups -OCH3 is 1. The molecule has 0 unspecified atom stereocenters. The Morgan fingerprint density at radius 2 is 2.00 bits per heavy atom. The van der Waals surface area contributed by atoms with Gasteiger partial charge in [0.05, 0.1) is 20.1 Å². The van der Waals surface area contributed by atoms with Crippen LogP contribution in [0.4, 0.5) is 0 Å². The normalized spacial score (nSPS) is 10.2. The maximum atomic E-state index is 10.3. The summed E-state index contributed by atoms with van der Waals surface area (Å²) in [6.07, 6.45) is 1.13. The van der Waals surface area contributed by atoms with Crippen LogP contribution in [0.3, 0.4) is 0 Å². The van der Waals surface area contributed by atoms with E-state index in [2.05, 4.69) is 0 Å². The molecule has 5 heteroatoms. The van der Waals surface area contributed by atoms with E-state index in [-0.39, 0.29) is 6.42 Å². The Balaban J connectivity index is 2.18. The SMILES string of the molecule is COc1cc(C)cc(OCCCSCCC(=O)O)c1. The van der Waals surface area contributed by atoms with Crippen molar-refractivity contribution in [3.63, 3.8) is 0 Å². The standard InChI is InChI=1S/C14H20O4S/c1-11-8-12(17-2)10-13(9-11)18-5-3-6-19-7-4-14(15)16/h8-10H,3-7H2,1-2H3,(H,15,16). The van der Waals surface area contributed by atoms with E-state index in [4.69, 9.17) is 14.6 Å². The number of hydrogen-bond donors (Lipinski definition) is 1. The molecule has 4 nitrogen and oxygen atoms in total. The van der Waals surface area contributed by atoms with Gasteiger partial charge in [-0.3, -0.25) is 4.79 Å². The van der Waals surface area contributed by atoms with Crippen molar-refractivity contribution in [2.24, 2.45) is 0 Å². The Morgan fingerprint density at radius 3 is 2.68 bits per heavy atom. The molecule has 0 saturated carbocycles. The third-order valence-corrected chi connectivity index (χ3v) is 3.49. The van der Waals surface area contributed by atoms with Gasteiger partial charge in [-0.1, -0.05) is 0 Å². The zero-order valence-corrected chi connectivity index (χ0v) is 12.2. The number of ether oxygens (including phenoxy) is 2. The minimum atomic E-state index is -0.740. The highest BCUT2D eigenvalue weighted by Crippen LogP contribution is 2.22. The third-order valence-electron chi connectivity index (χ3n) is 2.42. The van der Waals surface area contributed by atoms with Gasteiger partial charge in [-0.05, 0) is 36.8 Å². The van der Waals surface area contributed by atoms with Crippen molar-refractivity contribution in [2.75, 3.05) is 25.2 Å². The van der Waals surface area contributed by atoms with Crippen LogP contribution in [0.25, 0.3) is 0 Å². The number of thioether (sulfide) groups is 1. The zero-order chi connectivity index (χ0) is 14.1. The van der Waals surface area contributed by atoms with E-state index in [1.807, 2.05) is 25.1 Å². The largest absolute Gasteiger partial charge is 0.497 e. The molecule has 106 valence electrons. The second-order valence-corrected chi connectivity index (χ2v) is 5.37. The quantitative estimate of drug-likeness (QED) is 0.706. The van der Waals surface area contributed by atoms with E-state index in [9.17, 15) is 4.79 Å². The lowest BCUT2D eigenvalue weighted by Crippen LogP contribution is -2.01. The Bertz CT molecular complexity index is 406. The van der Waals surface area contributed by atoms with Crippen LogP contribution in [-0.4, -0.2) is 36.3 Å². The first-order valence-electron chi connectivity index (χ1n) is 6.20. The Morgan fingerprint density at radius 1 is 1.26 bits per heavy atom. The molecule has 0 amide bonds. The third kappa shape index (κ3) is 6.96. The fourth-order valence-corrected chi connectivity index (χ4v) is 2.37. The second kappa shape index (κ2) is 8.69. The van der Waals surface area contributed by atoms with Crippen molar-refractivity contribution in [2.45, 2.75) is 19.8 Å². The Hall–Kier alpha value is -1.36. The topological polar surface area (TPSA) is 55.8 Å². The van der Waals surface area contributed by atoms with Gasteiger partial charge in [0.2, 0.25) is 0 Å². The van der Waals surface area contributed by atoms with Crippen molar-refractivity contribution in [1.29, 1.82) is 0 Å². The summed E-state index contributed by atoms with van der Waals surface area (Å²) in [6, 6.07) is 5.79. The van der Waals surface area contributed by atoms with Gasteiger partial charge in [0.1, 0.15) is 11.5 Å². The number of hydrogen-bond acceptors (Lipinski definition) is 4. The highest BCUT2D eigenvalue weighted by molar-refractivity contribution is 7.99. The Labute approximate surface area is 118 Å². The van der Waals surface area contributed by atoms with Crippen molar-refractivity contribution in [1.82, 2.24) is 0 Å². The van der Waals surface area contributed by atoms with Gasteiger partial charge in [0.15, 0.2) is 0 Å². The molecule has 1 aromatic rings. The second-order valence-electron chi connectivity index (χ2n) is 4.14. The first-order valence-corrected chi connectivity index (χ1v) is 7.35. The first kappa shape index (κ1) is 15.7. The summed E-state index contributed by atoms with van der Waals surface area (Å²) in [5.74, 6) is 2.44. The summed E-state index contributed by atoms with van der Waals surface area (Å²) in [5, 5.41) is 8.49. The molecule has 0 bridgehead atoms. The van der Waals surface area contributed by atoms with Gasteiger partial charge in [-0.25, -0.2) is 0 Å². The molecule has 0 aliphatic carbocycles. The summed E-state index contributed by atoms with van der Waals surface area (Å²) in [4.78, 5) is 10.3. The maximum Gasteiger partial charge on any atom is 0.304 e. The first-order chi connectivity index (χ1) is 9.11. The van der Waals surface area contributed by atoms with Gasteiger partial charge in [-0.2, -0.15) is 11.8 Å². The smallest absolute Gasteiger partial charge is 0.304 e. The summed E-state index contributed by atoms with van der Waals surface area (Å²) >= 11 is 1.64. The zero-order valence-electron chi connectivity index (χ0n) is 11.3. The molecule has 0 aromatic heterocycles. The minimum absolute atomic E-state index is 0.223. The molecule has 1 rings (SSSR count). The van der Waals surface area contributed by atoms with Crippen LogP contribution in [0.1, 0.15) is 18.4 Å². The lowest BCUT2D eigenvalue weighted by Gasteiger charge is -2.09. The maximum absolute atomic E-state index is 10.3. The number of carboxylic acids is 1. The van der Waals surface area contributed by atoms with Gasteiger partial charge in [0.25, 0.3) is 0 Å². The fourth-order valence-electron chi connectivity index (χ4n) is 1.53. The molecule has 1 aromatic carbocycles. The van der Waals surface area contributed by atoms with E-state index in [1.165, 1.54) is 0 Å². The van der Waals surface area contributed by atoms with Gasteiger partial charge in [-0.15, -0.1) is 0 Å². The van der Waals surface area contributed by atoms with Crippen molar-refractivity contribution in [3.05, 3.63) is 23.8 Å². The van der Waals surface area contributed by atoms with Crippen LogP contribution in [0.2, 0.25) is 0 Å². The van der Waals surface area contributed by atoms with Crippen molar-refractivity contribution >= 4 is 17.7 Å². The van der Waals surface area contributed by atoms with Crippen molar-refractivity contribution < 1.29 is 19.4 Å². The number of aryl methyl sites for hydroxylation is 1. The number of carbonyl (C=O) groups is 1. The molecule has 0 aliphatic heterocycles. The van der Waals surface area contributed by atoms with Crippen LogP contribution >= 0.6 is 11.8 Å². The molecule has 0 atom stereocenters. The predicted molar refractivity (Wildman–Crippen MR) is 77.4 cm³/mol. The van der Waals surface area contributed by atoms with Crippen LogP contribution < -0.4 is 9.47 Å². The molecule has 19 heavy (non-hydrogen) atoms. The molecule has 0 radical (unpaired) electrons. The molecule has 0 fully saturated rings. The Kier molecular flexibility index (Phi) is 7.18. The van der Waals surface area contributed by atoms with Crippen LogP contribution in [0, 0.1) is 6.92 Å². The summed E-state index contributed by atoms with van der Waals surface area (Å²) < 4.78 is 10.8. The molecular formula is C14H20O4S. The van der Waals surface area contributed by atoms with Crippen molar-refractivity contribution in [3.8, 4) is 11.5 Å². The summed E-state index contributed by atoms with van der Waals surface area (Å²) in [6.45, 7) is 2.63. The number of rotatable bonds is 9. The van der Waals surface area contributed by atoms with Crippen LogP contribution in [-0.2, 0) is 4.79 Å². The van der Waals surface area contributed by atoms with Crippen LogP contribution in [0.5, 0.6) is 11.5 Å². The van der Waals surface area contributed by atoms with E-state index < -0.39 is 5.97 Å². The summed E-state index contributed by atoms with van der Waals surface area (Å²) in [5.41, 5.74) is 1.10. The lowest BCUT2D eigenvalue weighted by molar-refractivity contribution is -0.136. The number of benzene rings is 1. The van der Waals surface area contributed by atoms with Gasteiger partial charge < -0.3 is 14.6 Å². The molecule has 0 aliphatic rings. The lowest BCUT2D eigenvalue weighted by atomic mass is 10.2. The number of aliphatic carboxylic acids is 1. The van der Waals surface area contributed by atoms with E-state index in [0.29, 0.717) is 12.4 Å². The highest BCUT2D eigenvalue weighted by Gasteiger charge is 2.00. The van der Waals surface area contributed by atoms with Gasteiger partial charge >= 0.3 is 5.97 Å². The van der Waals surface area contributed by atoms with Crippen LogP contribution in [0.15, 0.2) is 18.2 Å². The predicted octanol–water partition coefficient (Wildman–Crippen LogP) is 2.98. The molecule has 0 heterocycles. The van der Waals surface area contributed by atoms with E-state index in [1.54, 1.807) is 18.9 Å². The average molecular weight is 284 g/mol. The summed E-state index contributed by atoms with van der Waals surface area (Å²) in [7, 11) is 1.64. The van der Waals surface area contributed by atoms with E-state index in [0.717, 1.165) is 29.2 Å².